The van der Waals surface area contributed by atoms with Crippen molar-refractivity contribution in [2.75, 3.05) is 13.2 Å². The third-order valence-electron chi connectivity index (χ3n) is 2.79. The van der Waals surface area contributed by atoms with Crippen LogP contribution in [0.2, 0.25) is 0 Å². The summed E-state index contributed by atoms with van der Waals surface area (Å²) >= 11 is 0. The predicted octanol–water partition coefficient (Wildman–Crippen LogP) is 0.262. The molecule has 5 heteroatoms. The maximum Gasteiger partial charge on any atom is 0.153 e. The summed E-state index contributed by atoms with van der Waals surface area (Å²) in [4.78, 5) is 0. The van der Waals surface area contributed by atoms with Crippen molar-refractivity contribution in [2.24, 2.45) is 5.73 Å². The smallest absolute Gasteiger partial charge is 0.153 e. The highest BCUT2D eigenvalue weighted by Crippen LogP contribution is 2.27. The Labute approximate surface area is 83.3 Å². The van der Waals surface area contributed by atoms with Crippen molar-refractivity contribution < 1.29 is 4.74 Å². The van der Waals surface area contributed by atoms with Crippen LogP contribution in [0.4, 0.5) is 0 Å². The zero-order valence-corrected chi connectivity index (χ0v) is 8.44. The molecule has 1 aromatic rings. The van der Waals surface area contributed by atoms with E-state index >= 15 is 0 Å². The van der Waals surface area contributed by atoms with E-state index in [0.29, 0.717) is 13.2 Å². The molecule has 2 heterocycles. The number of aryl methyl sites for hydroxylation is 1. The molecule has 5 nitrogen and oxygen atoms in total. The minimum Gasteiger partial charge on any atom is -0.381 e. The molecule has 0 spiro atoms. The van der Waals surface area contributed by atoms with E-state index in [9.17, 15) is 0 Å². The van der Waals surface area contributed by atoms with E-state index in [1.807, 2.05) is 4.57 Å². The van der Waals surface area contributed by atoms with Gasteiger partial charge in [-0.05, 0) is 19.8 Å². The first-order valence-corrected chi connectivity index (χ1v) is 5.01. The van der Waals surface area contributed by atoms with Gasteiger partial charge in [-0.3, -0.25) is 0 Å². The van der Waals surface area contributed by atoms with E-state index in [2.05, 4.69) is 17.1 Å². The Hall–Kier alpha value is -0.940. The Balaban J connectivity index is 2.27. The molecular weight excluding hydrogens is 180 g/mol. The van der Waals surface area contributed by atoms with Crippen LogP contribution in [0.1, 0.15) is 25.6 Å². The van der Waals surface area contributed by atoms with Gasteiger partial charge in [-0.2, -0.15) is 0 Å². The van der Waals surface area contributed by atoms with Crippen molar-refractivity contribution in [2.45, 2.75) is 31.8 Å². The molecule has 14 heavy (non-hydrogen) atoms. The van der Waals surface area contributed by atoms with Crippen molar-refractivity contribution >= 4 is 0 Å². The van der Waals surface area contributed by atoms with Crippen LogP contribution in [0.3, 0.4) is 0 Å². The fourth-order valence-corrected chi connectivity index (χ4v) is 1.83. The van der Waals surface area contributed by atoms with Crippen LogP contribution in [0.5, 0.6) is 0 Å². The number of ether oxygens (including phenoxy) is 1. The number of hydrogen-bond acceptors (Lipinski definition) is 4. The van der Waals surface area contributed by atoms with E-state index in [-0.39, 0.29) is 5.54 Å². The van der Waals surface area contributed by atoms with Gasteiger partial charge in [-0.25, -0.2) is 0 Å². The summed E-state index contributed by atoms with van der Waals surface area (Å²) < 4.78 is 7.30. The first-order chi connectivity index (χ1) is 6.76. The fourth-order valence-electron chi connectivity index (χ4n) is 1.83. The quantitative estimate of drug-likeness (QED) is 0.737. The molecule has 0 amide bonds. The van der Waals surface area contributed by atoms with Crippen LogP contribution < -0.4 is 5.73 Å². The number of rotatable bonds is 2. The molecule has 1 aromatic heterocycles. The monoisotopic (exact) mass is 196 g/mol. The maximum atomic E-state index is 6.30. The van der Waals surface area contributed by atoms with Crippen molar-refractivity contribution in [3.63, 3.8) is 0 Å². The van der Waals surface area contributed by atoms with E-state index in [1.54, 1.807) is 6.33 Å². The lowest BCUT2D eigenvalue weighted by atomic mass is 9.90. The first kappa shape index (κ1) is 9.61. The Morgan fingerprint density at radius 1 is 1.57 bits per heavy atom. The highest BCUT2D eigenvalue weighted by Gasteiger charge is 2.34. The molecular formula is C9H16N4O. The van der Waals surface area contributed by atoms with Gasteiger partial charge in [0.2, 0.25) is 0 Å². The maximum absolute atomic E-state index is 6.30. The van der Waals surface area contributed by atoms with Crippen molar-refractivity contribution in [1.29, 1.82) is 0 Å². The van der Waals surface area contributed by atoms with Crippen LogP contribution >= 0.6 is 0 Å². The highest BCUT2D eigenvalue weighted by atomic mass is 16.5. The Morgan fingerprint density at radius 2 is 2.29 bits per heavy atom. The van der Waals surface area contributed by atoms with Gasteiger partial charge in [0.05, 0.1) is 5.54 Å². The first-order valence-electron chi connectivity index (χ1n) is 5.01. The number of aromatic nitrogens is 3. The zero-order valence-electron chi connectivity index (χ0n) is 8.44. The molecule has 0 aromatic carbocycles. The van der Waals surface area contributed by atoms with E-state index in [0.717, 1.165) is 25.2 Å². The molecule has 0 radical (unpaired) electrons. The van der Waals surface area contributed by atoms with Gasteiger partial charge in [0.1, 0.15) is 6.33 Å². The standard InChI is InChI=1S/C9H16N4O/c1-2-13-7-11-12-8(13)9(10)3-5-14-6-4-9/h7H,2-6,10H2,1H3. The average molecular weight is 196 g/mol. The van der Waals surface area contributed by atoms with E-state index in [4.69, 9.17) is 10.5 Å². The van der Waals surface area contributed by atoms with E-state index < -0.39 is 0 Å². The average Bonchev–Trinajstić information content (AvgIpc) is 2.67. The lowest BCUT2D eigenvalue weighted by Crippen LogP contribution is -2.44. The Bertz CT molecular complexity index is 304. The summed E-state index contributed by atoms with van der Waals surface area (Å²) in [6.07, 6.45) is 3.39. The van der Waals surface area contributed by atoms with Crippen LogP contribution in [0.25, 0.3) is 0 Å². The summed E-state index contributed by atoms with van der Waals surface area (Å²) in [7, 11) is 0. The SMILES string of the molecule is CCn1cnnc1C1(N)CCOCC1. The van der Waals surface area contributed by atoms with Gasteiger partial charge < -0.3 is 15.0 Å². The summed E-state index contributed by atoms with van der Waals surface area (Å²) in [5.41, 5.74) is 5.96. The molecule has 0 atom stereocenters. The number of nitrogens with two attached hydrogens (primary N) is 1. The van der Waals surface area contributed by atoms with Gasteiger partial charge in [-0.15, -0.1) is 10.2 Å². The molecule has 1 aliphatic heterocycles. The fraction of sp³-hybridized carbons (Fsp3) is 0.778. The summed E-state index contributed by atoms with van der Waals surface area (Å²) in [5, 5.41) is 8.02. The van der Waals surface area contributed by atoms with Gasteiger partial charge >= 0.3 is 0 Å². The zero-order chi connectivity index (χ0) is 10.0. The summed E-state index contributed by atoms with van der Waals surface area (Å²) in [6, 6.07) is 0. The molecule has 78 valence electrons. The van der Waals surface area contributed by atoms with Crippen LogP contribution in [0.15, 0.2) is 6.33 Å². The lowest BCUT2D eigenvalue weighted by molar-refractivity contribution is 0.0478. The van der Waals surface area contributed by atoms with Gasteiger partial charge in [0, 0.05) is 19.8 Å². The molecule has 1 saturated heterocycles. The molecule has 2 N–H and O–H groups in total. The van der Waals surface area contributed by atoms with Crippen LogP contribution in [0, 0.1) is 0 Å². The second kappa shape index (κ2) is 3.67. The largest absolute Gasteiger partial charge is 0.381 e. The predicted molar refractivity (Wildman–Crippen MR) is 51.6 cm³/mol. The molecule has 0 saturated carbocycles. The molecule has 0 bridgehead atoms. The lowest BCUT2D eigenvalue weighted by Gasteiger charge is -2.32. The van der Waals surface area contributed by atoms with Crippen LogP contribution in [-0.2, 0) is 16.8 Å². The van der Waals surface area contributed by atoms with Crippen molar-refractivity contribution in [1.82, 2.24) is 14.8 Å². The summed E-state index contributed by atoms with van der Waals surface area (Å²) in [5.74, 6) is 0.892. The second-order valence-electron chi connectivity index (χ2n) is 3.71. The topological polar surface area (TPSA) is 66.0 Å². The Morgan fingerprint density at radius 3 is 2.93 bits per heavy atom. The van der Waals surface area contributed by atoms with Crippen molar-refractivity contribution in [3.8, 4) is 0 Å². The molecule has 0 aliphatic carbocycles. The summed E-state index contributed by atoms with van der Waals surface area (Å²) in [6.45, 7) is 4.36. The molecule has 0 unspecified atom stereocenters. The Kier molecular flexibility index (Phi) is 2.52. The normalized spacial score (nSPS) is 21.0. The highest BCUT2D eigenvalue weighted by molar-refractivity contribution is 5.06. The van der Waals surface area contributed by atoms with Crippen LogP contribution in [-0.4, -0.2) is 28.0 Å². The molecule has 1 fully saturated rings. The van der Waals surface area contributed by atoms with E-state index in [1.165, 1.54) is 0 Å². The second-order valence-corrected chi connectivity index (χ2v) is 3.71. The minimum absolute atomic E-state index is 0.342. The van der Waals surface area contributed by atoms with Gasteiger partial charge in [0.25, 0.3) is 0 Å². The van der Waals surface area contributed by atoms with Gasteiger partial charge in [-0.1, -0.05) is 0 Å². The van der Waals surface area contributed by atoms with Crippen molar-refractivity contribution in [3.05, 3.63) is 12.2 Å². The third-order valence-corrected chi connectivity index (χ3v) is 2.79. The van der Waals surface area contributed by atoms with Gasteiger partial charge in [0.15, 0.2) is 5.82 Å². The number of hydrogen-bond donors (Lipinski definition) is 1. The third kappa shape index (κ3) is 1.53. The number of nitrogens with zero attached hydrogens (tertiary/aromatic N) is 3. The molecule has 1 aliphatic rings. The minimum atomic E-state index is -0.342. The molecule has 2 rings (SSSR count).